The Morgan fingerprint density at radius 1 is 1.43 bits per heavy atom. The van der Waals surface area contributed by atoms with Gasteiger partial charge in [0.1, 0.15) is 0 Å². The number of benzene rings is 1. The van der Waals surface area contributed by atoms with Crippen LogP contribution in [0.4, 0.5) is 5.69 Å². The maximum Gasteiger partial charge on any atom is 0.311 e. The van der Waals surface area contributed by atoms with Crippen molar-refractivity contribution in [2.45, 2.75) is 25.8 Å². The maximum absolute atomic E-state index is 11.7. The Balaban J connectivity index is 1.78. The molecule has 114 valence electrons. The molecule has 1 saturated heterocycles. The summed E-state index contributed by atoms with van der Waals surface area (Å²) < 4.78 is 0. The second-order valence-corrected chi connectivity index (χ2v) is 6.74. The Morgan fingerprint density at radius 3 is 2.86 bits per heavy atom. The van der Waals surface area contributed by atoms with Gasteiger partial charge in [-0.05, 0) is 30.4 Å². The molecule has 1 aliphatic heterocycles. The highest BCUT2D eigenvalue weighted by Crippen LogP contribution is 2.49. The molecule has 2 atom stereocenters. The van der Waals surface area contributed by atoms with E-state index in [1.165, 1.54) is 11.3 Å². The molecule has 2 fully saturated rings. The number of rotatable bonds is 4. The van der Waals surface area contributed by atoms with E-state index in [0.717, 1.165) is 32.4 Å². The monoisotopic (exact) mass is 288 g/mol. The van der Waals surface area contributed by atoms with Crippen molar-refractivity contribution in [3.63, 3.8) is 0 Å². The third-order valence-corrected chi connectivity index (χ3v) is 5.23. The van der Waals surface area contributed by atoms with Gasteiger partial charge in [0.05, 0.1) is 5.41 Å². The summed E-state index contributed by atoms with van der Waals surface area (Å²) >= 11 is 0. The Bertz CT molecular complexity index is 543. The van der Waals surface area contributed by atoms with Gasteiger partial charge in [-0.15, -0.1) is 0 Å². The molecule has 21 heavy (non-hydrogen) atoms. The Kier molecular flexibility index (Phi) is 3.66. The van der Waals surface area contributed by atoms with Gasteiger partial charge in [0, 0.05) is 39.4 Å². The average molecular weight is 288 g/mol. The van der Waals surface area contributed by atoms with Gasteiger partial charge >= 0.3 is 5.97 Å². The van der Waals surface area contributed by atoms with Crippen LogP contribution < -0.4 is 4.90 Å². The molecule has 1 aliphatic carbocycles. The number of aliphatic carboxylic acids is 1. The van der Waals surface area contributed by atoms with E-state index in [4.69, 9.17) is 0 Å². The molecule has 0 spiro atoms. The molecule has 0 amide bonds. The van der Waals surface area contributed by atoms with Crippen molar-refractivity contribution in [2.24, 2.45) is 11.3 Å². The number of likely N-dealkylation sites (tertiary alicyclic amines) is 1. The largest absolute Gasteiger partial charge is 0.481 e. The highest BCUT2D eigenvalue weighted by molar-refractivity contribution is 5.76. The summed E-state index contributed by atoms with van der Waals surface area (Å²) in [6.45, 7) is 2.47. The van der Waals surface area contributed by atoms with Crippen molar-refractivity contribution >= 4 is 11.7 Å². The number of carbonyl (C=O) groups is 1. The Hall–Kier alpha value is -1.55. The topological polar surface area (TPSA) is 43.8 Å². The Morgan fingerprint density at radius 2 is 2.19 bits per heavy atom. The molecule has 2 aliphatic rings. The molecule has 3 rings (SSSR count). The number of anilines is 1. The van der Waals surface area contributed by atoms with E-state index < -0.39 is 11.4 Å². The third-order valence-electron chi connectivity index (χ3n) is 5.23. The molecule has 1 N–H and O–H groups in total. The van der Waals surface area contributed by atoms with Gasteiger partial charge < -0.3 is 10.0 Å². The highest BCUT2D eigenvalue weighted by Gasteiger charge is 2.54. The molecular weight excluding hydrogens is 264 g/mol. The van der Waals surface area contributed by atoms with Crippen molar-refractivity contribution < 1.29 is 9.90 Å². The summed E-state index contributed by atoms with van der Waals surface area (Å²) in [5.74, 6) is -0.255. The van der Waals surface area contributed by atoms with E-state index in [1.54, 1.807) is 0 Å². The van der Waals surface area contributed by atoms with Crippen LogP contribution in [0.1, 0.15) is 24.8 Å². The summed E-state index contributed by atoms with van der Waals surface area (Å²) in [6, 6.07) is 8.39. The average Bonchev–Trinajstić information content (AvgIpc) is 2.96. The van der Waals surface area contributed by atoms with Gasteiger partial charge in [0.25, 0.3) is 0 Å². The van der Waals surface area contributed by atoms with E-state index in [2.05, 4.69) is 48.2 Å². The molecule has 0 bridgehead atoms. The van der Waals surface area contributed by atoms with Crippen LogP contribution in [0.15, 0.2) is 24.3 Å². The van der Waals surface area contributed by atoms with E-state index in [0.29, 0.717) is 12.5 Å². The molecule has 1 aromatic carbocycles. The SMILES string of the molecule is CN(C)c1ccccc1CN1C[C@@H]2CCC[C@@]2(C(=O)O)C1. The molecule has 0 aromatic heterocycles. The van der Waals surface area contributed by atoms with Crippen molar-refractivity contribution in [3.8, 4) is 0 Å². The fraction of sp³-hybridized carbons (Fsp3) is 0.588. The minimum absolute atomic E-state index is 0.335. The first-order chi connectivity index (χ1) is 10.0. The number of carboxylic acids is 1. The predicted molar refractivity (Wildman–Crippen MR) is 83.5 cm³/mol. The normalized spacial score (nSPS) is 28.6. The lowest BCUT2D eigenvalue weighted by atomic mass is 9.81. The second-order valence-electron chi connectivity index (χ2n) is 6.74. The third kappa shape index (κ3) is 2.42. The van der Waals surface area contributed by atoms with E-state index in [-0.39, 0.29) is 0 Å². The molecule has 0 radical (unpaired) electrons. The minimum Gasteiger partial charge on any atom is -0.481 e. The number of hydrogen-bond donors (Lipinski definition) is 1. The molecular formula is C17H24N2O2. The zero-order valence-electron chi connectivity index (χ0n) is 12.9. The smallest absolute Gasteiger partial charge is 0.311 e. The molecule has 1 aromatic rings. The van der Waals surface area contributed by atoms with Crippen molar-refractivity contribution in [3.05, 3.63) is 29.8 Å². The summed E-state index contributed by atoms with van der Waals surface area (Å²) in [5.41, 5.74) is 2.02. The lowest BCUT2D eigenvalue weighted by Crippen LogP contribution is -2.35. The molecule has 4 heteroatoms. The lowest BCUT2D eigenvalue weighted by Gasteiger charge is -2.24. The van der Waals surface area contributed by atoms with Crippen LogP contribution >= 0.6 is 0 Å². The standard InChI is InChI=1S/C17H24N2O2/c1-18(2)15-8-4-3-6-13(15)10-19-11-14-7-5-9-17(14,12-19)16(20)21/h3-4,6,8,14H,5,7,9-12H2,1-2H3,(H,20,21)/t14-,17+/m0/s1. The minimum atomic E-state index is -0.589. The highest BCUT2D eigenvalue weighted by atomic mass is 16.4. The van der Waals surface area contributed by atoms with Gasteiger partial charge in [0.2, 0.25) is 0 Å². The second kappa shape index (κ2) is 5.34. The molecule has 0 unspecified atom stereocenters. The van der Waals surface area contributed by atoms with Crippen LogP contribution in [0.2, 0.25) is 0 Å². The van der Waals surface area contributed by atoms with Crippen molar-refractivity contribution in [2.75, 3.05) is 32.1 Å². The van der Waals surface area contributed by atoms with Crippen LogP contribution in [0, 0.1) is 11.3 Å². The first kappa shape index (κ1) is 14.4. The van der Waals surface area contributed by atoms with Crippen molar-refractivity contribution in [1.29, 1.82) is 0 Å². The van der Waals surface area contributed by atoms with Crippen LogP contribution in [0.25, 0.3) is 0 Å². The van der Waals surface area contributed by atoms with E-state index in [1.807, 2.05) is 0 Å². The molecule has 4 nitrogen and oxygen atoms in total. The quantitative estimate of drug-likeness (QED) is 0.924. The summed E-state index contributed by atoms with van der Waals surface area (Å²) in [7, 11) is 4.10. The fourth-order valence-electron chi connectivity index (χ4n) is 4.19. The number of para-hydroxylation sites is 1. The first-order valence-electron chi connectivity index (χ1n) is 7.74. The van der Waals surface area contributed by atoms with Gasteiger partial charge in [-0.3, -0.25) is 9.69 Å². The Labute approximate surface area is 126 Å². The van der Waals surface area contributed by atoms with Gasteiger partial charge in [-0.2, -0.15) is 0 Å². The number of nitrogens with zero attached hydrogens (tertiary/aromatic N) is 2. The number of carboxylic acid groups (broad SMARTS) is 1. The zero-order chi connectivity index (χ0) is 15.0. The number of fused-ring (bicyclic) bond motifs is 1. The summed E-state index contributed by atoms with van der Waals surface area (Å²) in [4.78, 5) is 16.2. The first-order valence-corrected chi connectivity index (χ1v) is 7.74. The van der Waals surface area contributed by atoms with Crippen LogP contribution in [0.5, 0.6) is 0 Å². The van der Waals surface area contributed by atoms with Crippen LogP contribution in [-0.2, 0) is 11.3 Å². The lowest BCUT2D eigenvalue weighted by molar-refractivity contribution is -0.149. The maximum atomic E-state index is 11.7. The molecule has 1 heterocycles. The zero-order valence-corrected chi connectivity index (χ0v) is 12.9. The summed E-state index contributed by atoms with van der Waals surface area (Å²) in [6.07, 6.45) is 2.98. The van der Waals surface area contributed by atoms with E-state index >= 15 is 0 Å². The van der Waals surface area contributed by atoms with Gasteiger partial charge in [0.15, 0.2) is 0 Å². The molecule has 1 saturated carbocycles. The fourth-order valence-corrected chi connectivity index (χ4v) is 4.19. The van der Waals surface area contributed by atoms with Crippen molar-refractivity contribution in [1.82, 2.24) is 4.90 Å². The van der Waals surface area contributed by atoms with Gasteiger partial charge in [-0.25, -0.2) is 0 Å². The summed E-state index contributed by atoms with van der Waals surface area (Å²) in [5, 5.41) is 9.67. The number of hydrogen-bond acceptors (Lipinski definition) is 3. The van der Waals surface area contributed by atoms with E-state index in [9.17, 15) is 9.90 Å². The van der Waals surface area contributed by atoms with Crippen LogP contribution in [0.3, 0.4) is 0 Å². The van der Waals surface area contributed by atoms with Gasteiger partial charge in [-0.1, -0.05) is 24.6 Å². The van der Waals surface area contributed by atoms with Crippen LogP contribution in [-0.4, -0.2) is 43.2 Å². The predicted octanol–water partition coefficient (Wildman–Crippen LogP) is 2.44.